The van der Waals surface area contributed by atoms with Crippen molar-refractivity contribution in [1.82, 2.24) is 9.62 Å². The topological polar surface area (TPSA) is 66.5 Å². The number of rotatable bonds is 9. The molecule has 0 radical (unpaired) electrons. The number of hydrogen-bond donors (Lipinski definition) is 1. The zero-order valence-corrected chi connectivity index (χ0v) is 14.9. The van der Waals surface area contributed by atoms with E-state index in [1.54, 1.807) is 0 Å². The van der Waals surface area contributed by atoms with E-state index in [0.29, 0.717) is 19.0 Å². The van der Waals surface area contributed by atoms with E-state index in [0.717, 1.165) is 25.7 Å². The van der Waals surface area contributed by atoms with Crippen LogP contribution in [0.3, 0.4) is 0 Å². The van der Waals surface area contributed by atoms with Crippen molar-refractivity contribution in [2.24, 2.45) is 5.92 Å². The van der Waals surface area contributed by atoms with Crippen molar-refractivity contribution in [3.63, 3.8) is 0 Å². The molecule has 0 saturated carbocycles. The van der Waals surface area contributed by atoms with E-state index in [-0.39, 0.29) is 12.5 Å². The molecule has 0 fully saturated rings. The van der Waals surface area contributed by atoms with Gasteiger partial charge in [0.05, 0.1) is 12.8 Å². The van der Waals surface area contributed by atoms with Crippen LogP contribution < -0.4 is 5.32 Å². The molecule has 0 atom stereocenters. The Labute approximate surface area is 135 Å². The van der Waals surface area contributed by atoms with Crippen molar-refractivity contribution in [2.45, 2.75) is 52.4 Å². The number of amides is 1. The quantitative estimate of drug-likeness (QED) is 0.660. The largest absolute Gasteiger partial charge is 0.355 e. The maximum Gasteiger partial charge on any atom is 0.235 e. The zero-order valence-electron chi connectivity index (χ0n) is 14.1. The Kier molecular flexibility index (Phi) is 8.10. The Balaban J connectivity index is 2.47. The first-order chi connectivity index (χ1) is 10.3. The number of nitrogens with one attached hydrogen (secondary N) is 1. The second-order valence-electron chi connectivity index (χ2n) is 6.49. The molecular weight excluding hydrogens is 300 g/mol. The minimum Gasteiger partial charge on any atom is -0.355 e. The van der Waals surface area contributed by atoms with Crippen molar-refractivity contribution in [3.05, 3.63) is 11.6 Å². The van der Waals surface area contributed by atoms with Gasteiger partial charge in [0, 0.05) is 13.1 Å². The van der Waals surface area contributed by atoms with E-state index >= 15 is 0 Å². The van der Waals surface area contributed by atoms with Crippen molar-refractivity contribution in [1.29, 1.82) is 0 Å². The maximum absolute atomic E-state index is 11.9. The van der Waals surface area contributed by atoms with Crippen LogP contribution >= 0.6 is 0 Å². The average Bonchev–Trinajstić information content (AvgIpc) is 2.43. The summed E-state index contributed by atoms with van der Waals surface area (Å²) in [6.07, 6.45) is 9.56. The van der Waals surface area contributed by atoms with Crippen LogP contribution in [0.25, 0.3) is 0 Å². The molecule has 0 aliphatic heterocycles. The summed E-state index contributed by atoms with van der Waals surface area (Å²) in [5.41, 5.74) is 1.32. The van der Waals surface area contributed by atoms with Crippen molar-refractivity contribution < 1.29 is 13.2 Å². The summed E-state index contributed by atoms with van der Waals surface area (Å²) < 4.78 is 25.0. The third-order valence-corrected chi connectivity index (χ3v) is 5.15. The Bertz CT molecular complexity index is 484. The lowest BCUT2D eigenvalue weighted by Crippen LogP contribution is -2.41. The van der Waals surface area contributed by atoms with Gasteiger partial charge >= 0.3 is 0 Å². The lowest BCUT2D eigenvalue weighted by Gasteiger charge is -2.21. The zero-order chi connectivity index (χ0) is 16.6. The first kappa shape index (κ1) is 19.2. The maximum atomic E-state index is 11.9. The first-order valence-electron chi connectivity index (χ1n) is 8.18. The summed E-state index contributed by atoms with van der Waals surface area (Å²) in [5, 5.41) is 2.79. The third-order valence-electron chi connectivity index (χ3n) is 3.90. The van der Waals surface area contributed by atoms with Gasteiger partial charge in [0.25, 0.3) is 0 Å². The molecule has 0 aromatic carbocycles. The lowest BCUT2D eigenvalue weighted by molar-refractivity contribution is -0.121. The predicted molar refractivity (Wildman–Crippen MR) is 90.0 cm³/mol. The fourth-order valence-electron chi connectivity index (χ4n) is 2.48. The van der Waals surface area contributed by atoms with Gasteiger partial charge in [-0.25, -0.2) is 8.42 Å². The van der Waals surface area contributed by atoms with Gasteiger partial charge in [-0.2, -0.15) is 4.31 Å². The second kappa shape index (κ2) is 9.30. The molecule has 0 aromatic heterocycles. The molecule has 1 N–H and O–H groups in total. The van der Waals surface area contributed by atoms with Gasteiger partial charge in [-0.1, -0.05) is 25.5 Å². The summed E-state index contributed by atoms with van der Waals surface area (Å²) in [5.74, 6) is 0.299. The first-order valence-corrected chi connectivity index (χ1v) is 10.0. The second-order valence-corrected chi connectivity index (χ2v) is 8.47. The minimum atomic E-state index is -3.36. The van der Waals surface area contributed by atoms with Gasteiger partial charge in [-0.3, -0.25) is 4.79 Å². The molecule has 6 heteroatoms. The molecule has 1 amide bonds. The molecule has 0 unspecified atom stereocenters. The molecule has 0 saturated heterocycles. The van der Waals surface area contributed by atoms with Gasteiger partial charge < -0.3 is 5.32 Å². The molecule has 1 rings (SSSR count). The molecule has 5 nitrogen and oxygen atoms in total. The van der Waals surface area contributed by atoms with E-state index in [4.69, 9.17) is 0 Å². The summed E-state index contributed by atoms with van der Waals surface area (Å²) in [6, 6.07) is 0. The van der Waals surface area contributed by atoms with Crippen LogP contribution in [0.1, 0.15) is 52.4 Å². The van der Waals surface area contributed by atoms with Gasteiger partial charge in [-0.05, 0) is 44.4 Å². The molecule has 128 valence electrons. The number of sulfonamides is 1. The lowest BCUT2D eigenvalue weighted by atomic mass is 9.97. The average molecular weight is 330 g/mol. The Morgan fingerprint density at radius 3 is 2.64 bits per heavy atom. The summed E-state index contributed by atoms with van der Waals surface area (Å²) >= 11 is 0. The van der Waals surface area contributed by atoms with Crippen LogP contribution in [0.4, 0.5) is 0 Å². The highest BCUT2D eigenvalue weighted by atomic mass is 32.2. The number of nitrogens with zero attached hydrogens (tertiary/aromatic N) is 1. The normalized spacial score (nSPS) is 16.0. The fraction of sp³-hybridized carbons (Fsp3) is 0.812. The highest BCUT2D eigenvalue weighted by Crippen LogP contribution is 2.20. The van der Waals surface area contributed by atoms with Crippen LogP contribution in [0.15, 0.2) is 11.6 Å². The van der Waals surface area contributed by atoms with Crippen molar-refractivity contribution in [2.75, 3.05) is 25.9 Å². The summed E-state index contributed by atoms with van der Waals surface area (Å²) in [7, 11) is -3.36. The Hall–Kier alpha value is -0.880. The van der Waals surface area contributed by atoms with Crippen LogP contribution in [-0.4, -0.2) is 44.5 Å². The van der Waals surface area contributed by atoms with E-state index < -0.39 is 10.0 Å². The van der Waals surface area contributed by atoms with Gasteiger partial charge in [0.15, 0.2) is 0 Å². The molecule has 1 aliphatic carbocycles. The minimum absolute atomic E-state index is 0.0792. The number of hydrogen-bond acceptors (Lipinski definition) is 3. The number of carbonyl (C=O) groups is 1. The monoisotopic (exact) mass is 330 g/mol. The SMILES string of the molecule is CC(C)CCNC(=O)CN(CCC1=CCCCC1)S(C)(=O)=O. The van der Waals surface area contributed by atoms with Crippen LogP contribution in [0.5, 0.6) is 0 Å². The molecular formula is C16H30N2O3S. The standard InChI is InChI=1S/C16H30N2O3S/c1-14(2)9-11-17-16(19)13-18(22(3,20)21)12-10-15-7-5-4-6-8-15/h7,14H,4-6,8-13H2,1-3H3,(H,17,19). The van der Waals surface area contributed by atoms with Crippen LogP contribution in [-0.2, 0) is 14.8 Å². The van der Waals surface area contributed by atoms with E-state index in [1.165, 1.54) is 29.0 Å². The van der Waals surface area contributed by atoms with Crippen molar-refractivity contribution >= 4 is 15.9 Å². The Morgan fingerprint density at radius 1 is 1.36 bits per heavy atom. The number of allylic oxidation sites excluding steroid dienone is 1. The van der Waals surface area contributed by atoms with E-state index in [9.17, 15) is 13.2 Å². The highest BCUT2D eigenvalue weighted by molar-refractivity contribution is 7.88. The molecule has 1 aliphatic rings. The summed E-state index contributed by atoms with van der Waals surface area (Å²) in [6.45, 7) is 5.09. The smallest absolute Gasteiger partial charge is 0.235 e. The van der Waals surface area contributed by atoms with Crippen LogP contribution in [0.2, 0.25) is 0 Å². The Morgan fingerprint density at radius 2 is 2.09 bits per heavy atom. The van der Waals surface area contributed by atoms with Gasteiger partial charge in [0.1, 0.15) is 0 Å². The predicted octanol–water partition coefficient (Wildman–Crippen LogP) is 2.30. The summed E-state index contributed by atoms with van der Waals surface area (Å²) in [4.78, 5) is 11.9. The molecule has 0 aromatic rings. The molecule has 0 spiro atoms. The van der Waals surface area contributed by atoms with Gasteiger partial charge in [0.2, 0.25) is 15.9 Å². The number of carbonyl (C=O) groups excluding carboxylic acids is 1. The highest BCUT2D eigenvalue weighted by Gasteiger charge is 2.20. The molecule has 0 heterocycles. The van der Waals surface area contributed by atoms with Crippen molar-refractivity contribution in [3.8, 4) is 0 Å². The third kappa shape index (κ3) is 7.94. The van der Waals surface area contributed by atoms with Crippen LogP contribution in [0, 0.1) is 5.92 Å². The molecule has 22 heavy (non-hydrogen) atoms. The van der Waals surface area contributed by atoms with E-state index in [2.05, 4.69) is 25.2 Å². The van der Waals surface area contributed by atoms with Gasteiger partial charge in [-0.15, -0.1) is 0 Å². The fourth-order valence-corrected chi connectivity index (χ4v) is 3.25. The van der Waals surface area contributed by atoms with E-state index in [1.807, 2.05) is 0 Å². The molecule has 0 bridgehead atoms.